The molecule has 0 spiro atoms. The van der Waals surface area contributed by atoms with E-state index in [0.717, 1.165) is 16.6 Å². The number of aromatic nitrogens is 1. The average Bonchev–Trinajstić information content (AvgIpc) is 2.48. The first kappa shape index (κ1) is 12.6. The molecular weight excluding hydrogens is 254 g/mol. The molecule has 0 saturated carbocycles. The first-order valence-corrected chi connectivity index (χ1v) is 6.65. The maximum absolute atomic E-state index is 12.4. The van der Waals surface area contributed by atoms with Crippen molar-refractivity contribution in [3.05, 3.63) is 36.5 Å². The number of nitrogens with one attached hydrogen (secondary N) is 1. The summed E-state index contributed by atoms with van der Waals surface area (Å²) in [5, 5.41) is 3.60. The number of pyridine rings is 1. The molecule has 3 rings (SSSR count). The molecule has 5 heteroatoms. The lowest BCUT2D eigenvalue weighted by Crippen LogP contribution is -2.58. The maximum Gasteiger partial charge on any atom is 0.250 e. The Balaban J connectivity index is 2.10. The van der Waals surface area contributed by atoms with Crippen molar-refractivity contribution in [1.82, 2.24) is 10.3 Å². The van der Waals surface area contributed by atoms with Gasteiger partial charge in [-0.2, -0.15) is 0 Å². The Kier molecular flexibility index (Phi) is 3.10. The van der Waals surface area contributed by atoms with Gasteiger partial charge >= 0.3 is 0 Å². The molecule has 1 aliphatic rings. The fourth-order valence-corrected chi connectivity index (χ4v) is 2.51. The normalized spacial score (nSPS) is 19.2. The molecule has 20 heavy (non-hydrogen) atoms. The van der Waals surface area contributed by atoms with Gasteiger partial charge in [-0.3, -0.25) is 14.6 Å². The Hall–Kier alpha value is -2.43. The number of hydrogen-bond acceptors (Lipinski definition) is 3. The molecule has 1 aliphatic heterocycles. The minimum atomic E-state index is -0.442. The summed E-state index contributed by atoms with van der Waals surface area (Å²) in [6, 6.07) is 8.91. The number of benzene rings is 1. The second kappa shape index (κ2) is 4.92. The number of carbonyl (C=O) groups excluding carboxylic acids is 2. The van der Waals surface area contributed by atoms with Crippen molar-refractivity contribution < 1.29 is 9.59 Å². The fourth-order valence-electron chi connectivity index (χ4n) is 2.51. The van der Waals surface area contributed by atoms with Crippen LogP contribution in [0, 0.1) is 0 Å². The van der Waals surface area contributed by atoms with Gasteiger partial charge in [0.1, 0.15) is 12.6 Å². The highest BCUT2D eigenvalue weighted by atomic mass is 16.2. The number of hydrogen-bond donors (Lipinski definition) is 1. The predicted molar refractivity (Wildman–Crippen MR) is 76.3 cm³/mol. The van der Waals surface area contributed by atoms with Gasteiger partial charge in [-0.05, 0) is 30.7 Å². The van der Waals surface area contributed by atoms with Gasteiger partial charge in [0.25, 0.3) is 0 Å². The topological polar surface area (TPSA) is 62.3 Å². The van der Waals surface area contributed by atoms with E-state index in [9.17, 15) is 9.59 Å². The molecule has 1 unspecified atom stereocenters. The zero-order valence-electron chi connectivity index (χ0n) is 11.2. The zero-order valence-corrected chi connectivity index (χ0v) is 11.2. The summed E-state index contributed by atoms with van der Waals surface area (Å²) in [7, 11) is 0. The highest BCUT2D eigenvalue weighted by molar-refractivity contribution is 6.10. The second-order valence-electron chi connectivity index (χ2n) is 4.80. The number of piperazine rings is 1. The smallest absolute Gasteiger partial charge is 0.250 e. The summed E-state index contributed by atoms with van der Waals surface area (Å²) < 4.78 is 0. The number of anilines is 1. The highest BCUT2D eigenvalue weighted by Gasteiger charge is 2.32. The van der Waals surface area contributed by atoms with Crippen molar-refractivity contribution in [2.45, 2.75) is 19.4 Å². The highest BCUT2D eigenvalue weighted by Crippen LogP contribution is 2.27. The Bertz CT molecular complexity index is 678. The van der Waals surface area contributed by atoms with Gasteiger partial charge in [-0.25, -0.2) is 0 Å². The Morgan fingerprint density at radius 1 is 1.30 bits per heavy atom. The van der Waals surface area contributed by atoms with Crippen LogP contribution in [0.25, 0.3) is 10.9 Å². The molecule has 1 aromatic heterocycles. The fraction of sp³-hybridized carbons (Fsp3) is 0.267. The van der Waals surface area contributed by atoms with E-state index in [-0.39, 0.29) is 18.4 Å². The summed E-state index contributed by atoms with van der Waals surface area (Å²) in [5.41, 5.74) is 1.56. The number of fused-ring (bicyclic) bond motifs is 1. The third-order valence-electron chi connectivity index (χ3n) is 3.52. The van der Waals surface area contributed by atoms with E-state index in [1.54, 1.807) is 11.1 Å². The van der Waals surface area contributed by atoms with Gasteiger partial charge < -0.3 is 10.2 Å². The predicted octanol–water partition coefficient (Wildman–Crippen LogP) is 1.48. The Labute approximate surface area is 116 Å². The molecule has 5 nitrogen and oxygen atoms in total. The lowest BCUT2D eigenvalue weighted by molar-refractivity contribution is -0.131. The van der Waals surface area contributed by atoms with Gasteiger partial charge in [-0.1, -0.05) is 13.0 Å². The largest absolute Gasteiger partial charge is 0.343 e. The van der Waals surface area contributed by atoms with Crippen LogP contribution in [-0.4, -0.2) is 29.4 Å². The van der Waals surface area contributed by atoms with E-state index in [2.05, 4.69) is 10.3 Å². The molecule has 2 aromatic rings. The minimum Gasteiger partial charge on any atom is -0.343 e. The van der Waals surface area contributed by atoms with Crippen LogP contribution in [0.4, 0.5) is 5.69 Å². The molecule has 1 atom stereocenters. The van der Waals surface area contributed by atoms with Crippen molar-refractivity contribution in [3.63, 3.8) is 0 Å². The van der Waals surface area contributed by atoms with Crippen molar-refractivity contribution >= 4 is 28.4 Å². The lowest BCUT2D eigenvalue weighted by Gasteiger charge is -2.32. The van der Waals surface area contributed by atoms with E-state index < -0.39 is 6.04 Å². The molecule has 2 heterocycles. The van der Waals surface area contributed by atoms with E-state index in [1.807, 2.05) is 37.3 Å². The first-order valence-electron chi connectivity index (χ1n) is 6.65. The summed E-state index contributed by atoms with van der Waals surface area (Å²) in [6.45, 7) is 1.94. The van der Waals surface area contributed by atoms with Crippen molar-refractivity contribution in [2.75, 3.05) is 11.4 Å². The molecule has 2 amide bonds. The van der Waals surface area contributed by atoms with Gasteiger partial charge in [-0.15, -0.1) is 0 Å². The average molecular weight is 269 g/mol. The molecule has 0 bridgehead atoms. The molecule has 1 fully saturated rings. The lowest BCUT2D eigenvalue weighted by atomic mass is 10.1. The first-order chi connectivity index (χ1) is 9.70. The number of carbonyl (C=O) groups is 2. The van der Waals surface area contributed by atoms with Crippen molar-refractivity contribution in [2.24, 2.45) is 0 Å². The quantitative estimate of drug-likeness (QED) is 0.898. The maximum atomic E-state index is 12.4. The third kappa shape index (κ3) is 2.01. The van der Waals surface area contributed by atoms with E-state index >= 15 is 0 Å². The van der Waals surface area contributed by atoms with Crippen molar-refractivity contribution in [3.8, 4) is 0 Å². The minimum absolute atomic E-state index is 0.0589. The van der Waals surface area contributed by atoms with Crippen LogP contribution < -0.4 is 10.2 Å². The molecule has 1 N–H and O–H groups in total. The Morgan fingerprint density at radius 2 is 2.15 bits per heavy atom. The van der Waals surface area contributed by atoms with E-state index in [4.69, 9.17) is 0 Å². The van der Waals surface area contributed by atoms with Gasteiger partial charge in [0, 0.05) is 11.6 Å². The van der Waals surface area contributed by atoms with Crippen LogP contribution in [0.15, 0.2) is 36.5 Å². The molecular formula is C15H15N3O2. The standard InChI is InChI=1S/C15H15N3O2/c1-2-11-15(20)18(9-14(19)17-11)13-7-3-6-12-10(13)5-4-8-16-12/h3-8,11H,2,9H2,1H3,(H,17,19). The second-order valence-corrected chi connectivity index (χ2v) is 4.80. The summed E-state index contributed by atoms with van der Waals surface area (Å²) in [4.78, 5) is 30.0. The Morgan fingerprint density at radius 3 is 2.95 bits per heavy atom. The van der Waals surface area contributed by atoms with Crippen LogP contribution >= 0.6 is 0 Å². The van der Waals surface area contributed by atoms with Crippen LogP contribution in [0.3, 0.4) is 0 Å². The van der Waals surface area contributed by atoms with Gasteiger partial charge in [0.15, 0.2) is 0 Å². The van der Waals surface area contributed by atoms with E-state index in [0.29, 0.717) is 6.42 Å². The summed E-state index contributed by atoms with van der Waals surface area (Å²) >= 11 is 0. The van der Waals surface area contributed by atoms with Crippen LogP contribution in [0.1, 0.15) is 13.3 Å². The van der Waals surface area contributed by atoms with Crippen LogP contribution in [-0.2, 0) is 9.59 Å². The molecule has 1 saturated heterocycles. The molecule has 102 valence electrons. The number of amides is 2. The molecule has 1 aromatic carbocycles. The molecule has 0 aliphatic carbocycles. The van der Waals surface area contributed by atoms with Crippen LogP contribution in [0.5, 0.6) is 0 Å². The number of nitrogens with zero attached hydrogens (tertiary/aromatic N) is 2. The molecule has 0 radical (unpaired) electrons. The van der Waals surface area contributed by atoms with Crippen molar-refractivity contribution in [1.29, 1.82) is 0 Å². The number of rotatable bonds is 2. The zero-order chi connectivity index (χ0) is 14.1. The van der Waals surface area contributed by atoms with Crippen LogP contribution in [0.2, 0.25) is 0 Å². The summed E-state index contributed by atoms with van der Waals surface area (Å²) in [6.07, 6.45) is 2.30. The monoisotopic (exact) mass is 269 g/mol. The SMILES string of the molecule is CCC1NC(=O)CN(c2cccc3ncccc23)C1=O. The third-order valence-corrected chi connectivity index (χ3v) is 3.52. The van der Waals surface area contributed by atoms with Gasteiger partial charge in [0.2, 0.25) is 11.8 Å². The van der Waals surface area contributed by atoms with E-state index in [1.165, 1.54) is 0 Å². The summed E-state index contributed by atoms with van der Waals surface area (Å²) in [5.74, 6) is -0.194. The van der Waals surface area contributed by atoms with Gasteiger partial charge in [0.05, 0.1) is 11.2 Å².